The van der Waals surface area contributed by atoms with Crippen LogP contribution in [0.3, 0.4) is 0 Å². The Kier molecular flexibility index (Phi) is 1.58. The van der Waals surface area contributed by atoms with Crippen molar-refractivity contribution in [2.24, 2.45) is 0 Å². The minimum absolute atomic E-state index is 0.143. The van der Waals surface area contributed by atoms with Crippen molar-refractivity contribution in [3.63, 3.8) is 0 Å². The number of hydrogen-bond donors (Lipinski definition) is 1. The SMILES string of the molecule is C[C@H]1CNC(=O)c2c(Cl)cnn21. The standard InChI is InChI=1S/C7H8ClN3O/c1-4-2-9-7(12)6-5(8)3-10-11(4)6/h3-4H,2H2,1H3,(H,9,12)/t4-/m0/s1. The van der Waals surface area contributed by atoms with E-state index in [4.69, 9.17) is 11.6 Å². The zero-order chi connectivity index (χ0) is 8.72. The van der Waals surface area contributed by atoms with E-state index in [2.05, 4.69) is 10.4 Å². The van der Waals surface area contributed by atoms with Gasteiger partial charge in [0.2, 0.25) is 0 Å². The topological polar surface area (TPSA) is 46.9 Å². The summed E-state index contributed by atoms with van der Waals surface area (Å²) in [5, 5.41) is 7.16. The molecule has 1 aromatic rings. The molecule has 1 amide bonds. The molecule has 0 unspecified atom stereocenters. The van der Waals surface area contributed by atoms with E-state index in [0.29, 0.717) is 17.3 Å². The summed E-state index contributed by atoms with van der Waals surface area (Å²) in [7, 11) is 0. The van der Waals surface area contributed by atoms with E-state index in [1.807, 2.05) is 6.92 Å². The van der Waals surface area contributed by atoms with Crippen molar-refractivity contribution in [2.75, 3.05) is 6.54 Å². The Balaban J connectivity index is 2.57. The fourth-order valence-corrected chi connectivity index (χ4v) is 1.51. The molecule has 4 nitrogen and oxygen atoms in total. The molecule has 5 heteroatoms. The third-order valence-electron chi connectivity index (χ3n) is 1.94. The number of nitrogens with zero attached hydrogens (tertiary/aromatic N) is 2. The van der Waals surface area contributed by atoms with Crippen molar-refractivity contribution in [3.05, 3.63) is 16.9 Å². The molecule has 64 valence electrons. The van der Waals surface area contributed by atoms with Crippen LogP contribution in [0.1, 0.15) is 23.5 Å². The first-order valence-electron chi connectivity index (χ1n) is 3.71. The van der Waals surface area contributed by atoms with Crippen LogP contribution in [0.15, 0.2) is 6.20 Å². The third-order valence-corrected chi connectivity index (χ3v) is 2.22. The van der Waals surface area contributed by atoms with Crippen LogP contribution >= 0.6 is 11.6 Å². The molecule has 1 N–H and O–H groups in total. The van der Waals surface area contributed by atoms with E-state index in [1.165, 1.54) is 6.20 Å². The predicted octanol–water partition coefficient (Wildman–Crippen LogP) is 0.841. The molecule has 0 aromatic carbocycles. The van der Waals surface area contributed by atoms with Crippen LogP contribution in [0.5, 0.6) is 0 Å². The molecular weight excluding hydrogens is 178 g/mol. The lowest BCUT2D eigenvalue weighted by Crippen LogP contribution is -2.38. The van der Waals surface area contributed by atoms with Gasteiger partial charge in [-0.15, -0.1) is 0 Å². The molecule has 0 saturated carbocycles. The Hall–Kier alpha value is -1.03. The summed E-state index contributed by atoms with van der Waals surface area (Å²) in [4.78, 5) is 11.3. The Morgan fingerprint density at radius 3 is 3.25 bits per heavy atom. The van der Waals surface area contributed by atoms with E-state index in [0.717, 1.165) is 0 Å². The monoisotopic (exact) mass is 185 g/mol. The van der Waals surface area contributed by atoms with E-state index < -0.39 is 0 Å². The minimum atomic E-state index is -0.143. The maximum atomic E-state index is 11.3. The van der Waals surface area contributed by atoms with Gasteiger partial charge in [0.15, 0.2) is 0 Å². The van der Waals surface area contributed by atoms with Crippen molar-refractivity contribution in [2.45, 2.75) is 13.0 Å². The largest absolute Gasteiger partial charge is 0.349 e. The van der Waals surface area contributed by atoms with E-state index in [9.17, 15) is 4.79 Å². The predicted molar refractivity (Wildman–Crippen MR) is 44.3 cm³/mol. The normalized spacial score (nSPS) is 21.8. The maximum absolute atomic E-state index is 11.3. The van der Waals surface area contributed by atoms with Gasteiger partial charge in [-0.05, 0) is 6.92 Å². The van der Waals surface area contributed by atoms with Crippen molar-refractivity contribution >= 4 is 17.5 Å². The van der Waals surface area contributed by atoms with Crippen LogP contribution < -0.4 is 5.32 Å². The molecule has 0 saturated heterocycles. The maximum Gasteiger partial charge on any atom is 0.271 e. The highest BCUT2D eigenvalue weighted by Crippen LogP contribution is 2.21. The van der Waals surface area contributed by atoms with Crippen LogP contribution in [-0.4, -0.2) is 22.2 Å². The van der Waals surface area contributed by atoms with E-state index in [1.54, 1.807) is 4.68 Å². The summed E-state index contributed by atoms with van der Waals surface area (Å²) in [6, 6.07) is 0.185. The molecule has 1 atom stereocenters. The summed E-state index contributed by atoms with van der Waals surface area (Å²) >= 11 is 5.77. The lowest BCUT2D eigenvalue weighted by atomic mass is 10.2. The summed E-state index contributed by atoms with van der Waals surface area (Å²) in [6.07, 6.45) is 1.50. The number of amides is 1. The van der Waals surface area contributed by atoms with Crippen LogP contribution in [0, 0.1) is 0 Å². The van der Waals surface area contributed by atoms with Crippen LogP contribution in [-0.2, 0) is 0 Å². The fraction of sp³-hybridized carbons (Fsp3) is 0.429. The Bertz CT molecular complexity index is 333. The molecule has 0 radical (unpaired) electrons. The van der Waals surface area contributed by atoms with E-state index >= 15 is 0 Å². The van der Waals surface area contributed by atoms with Gasteiger partial charge in [-0.3, -0.25) is 9.48 Å². The first-order chi connectivity index (χ1) is 5.70. The number of fused-ring (bicyclic) bond motifs is 1. The van der Waals surface area contributed by atoms with E-state index in [-0.39, 0.29) is 11.9 Å². The Labute approximate surface area is 74.5 Å². The van der Waals surface area contributed by atoms with Gasteiger partial charge in [0.05, 0.1) is 17.3 Å². The van der Waals surface area contributed by atoms with Crippen LogP contribution in [0.25, 0.3) is 0 Å². The zero-order valence-corrected chi connectivity index (χ0v) is 7.30. The van der Waals surface area contributed by atoms with Crippen molar-refractivity contribution in [1.29, 1.82) is 0 Å². The first-order valence-corrected chi connectivity index (χ1v) is 4.09. The molecule has 0 spiro atoms. The van der Waals surface area contributed by atoms with Gasteiger partial charge in [-0.1, -0.05) is 11.6 Å². The van der Waals surface area contributed by atoms with Crippen LogP contribution in [0.2, 0.25) is 5.02 Å². The van der Waals surface area contributed by atoms with Gasteiger partial charge in [-0.25, -0.2) is 0 Å². The molecule has 1 aliphatic rings. The van der Waals surface area contributed by atoms with Crippen LogP contribution in [0.4, 0.5) is 0 Å². The second-order valence-electron chi connectivity index (χ2n) is 2.84. The van der Waals surface area contributed by atoms with Gasteiger partial charge in [0.25, 0.3) is 5.91 Å². The quantitative estimate of drug-likeness (QED) is 0.651. The Morgan fingerprint density at radius 2 is 2.58 bits per heavy atom. The molecule has 2 heterocycles. The molecular formula is C7H8ClN3O. The summed E-state index contributed by atoms with van der Waals surface area (Å²) in [5.41, 5.74) is 0.468. The first kappa shape index (κ1) is 7.61. The number of nitrogens with one attached hydrogen (secondary N) is 1. The third kappa shape index (κ3) is 0.914. The minimum Gasteiger partial charge on any atom is -0.349 e. The summed E-state index contributed by atoms with van der Waals surface area (Å²) in [6.45, 7) is 2.59. The average Bonchev–Trinajstić information content (AvgIpc) is 2.42. The summed E-state index contributed by atoms with van der Waals surface area (Å²) < 4.78 is 1.65. The van der Waals surface area contributed by atoms with Gasteiger partial charge in [0, 0.05) is 6.54 Å². The second-order valence-corrected chi connectivity index (χ2v) is 3.25. The van der Waals surface area contributed by atoms with Crippen molar-refractivity contribution in [3.8, 4) is 0 Å². The van der Waals surface area contributed by atoms with Crippen molar-refractivity contribution in [1.82, 2.24) is 15.1 Å². The van der Waals surface area contributed by atoms with Gasteiger partial charge < -0.3 is 5.32 Å². The molecule has 1 aliphatic heterocycles. The molecule has 0 fully saturated rings. The highest BCUT2D eigenvalue weighted by Gasteiger charge is 2.25. The number of carbonyl (C=O) groups excluding carboxylic acids is 1. The van der Waals surface area contributed by atoms with Gasteiger partial charge in [-0.2, -0.15) is 5.10 Å². The fourth-order valence-electron chi connectivity index (χ4n) is 1.30. The molecule has 0 bridgehead atoms. The smallest absolute Gasteiger partial charge is 0.271 e. The number of halogens is 1. The highest BCUT2D eigenvalue weighted by molar-refractivity contribution is 6.33. The molecule has 2 rings (SSSR count). The highest BCUT2D eigenvalue weighted by atomic mass is 35.5. The van der Waals surface area contributed by atoms with Gasteiger partial charge in [0.1, 0.15) is 5.69 Å². The average molecular weight is 186 g/mol. The lowest BCUT2D eigenvalue weighted by Gasteiger charge is -2.21. The summed E-state index contributed by atoms with van der Waals surface area (Å²) in [5.74, 6) is -0.143. The molecule has 1 aromatic heterocycles. The molecule has 12 heavy (non-hydrogen) atoms. The number of rotatable bonds is 0. The van der Waals surface area contributed by atoms with Gasteiger partial charge >= 0.3 is 0 Å². The van der Waals surface area contributed by atoms with Crippen molar-refractivity contribution < 1.29 is 4.79 Å². The Morgan fingerprint density at radius 1 is 1.83 bits per heavy atom. The second kappa shape index (κ2) is 2.48. The zero-order valence-electron chi connectivity index (χ0n) is 6.54. The number of aromatic nitrogens is 2. The number of carbonyl (C=O) groups is 1. The number of hydrogen-bond acceptors (Lipinski definition) is 2. The lowest BCUT2D eigenvalue weighted by molar-refractivity contribution is 0.0913. The molecule has 0 aliphatic carbocycles.